The molecular formula is C27H28N2O5S2. The number of esters is 1. The van der Waals surface area contributed by atoms with Crippen molar-refractivity contribution in [2.45, 2.75) is 24.3 Å². The molecule has 0 radical (unpaired) electrons. The highest BCUT2D eigenvalue weighted by molar-refractivity contribution is 8.19. The molecule has 2 aromatic carbocycles. The average Bonchev–Trinajstić information content (AvgIpc) is 3.61. The highest BCUT2D eigenvalue weighted by Gasteiger charge is 2.18. The molecule has 7 nitrogen and oxygen atoms in total. The van der Waals surface area contributed by atoms with E-state index in [2.05, 4.69) is 10.5 Å². The third-order valence-electron chi connectivity index (χ3n) is 5.29. The summed E-state index contributed by atoms with van der Waals surface area (Å²) in [6.07, 6.45) is 3.24. The lowest BCUT2D eigenvalue weighted by Gasteiger charge is -2.09. The van der Waals surface area contributed by atoms with Gasteiger partial charge in [-0.2, -0.15) is 5.10 Å². The van der Waals surface area contributed by atoms with Gasteiger partial charge in [-0.25, -0.2) is 10.2 Å². The van der Waals surface area contributed by atoms with E-state index in [0.717, 1.165) is 18.4 Å². The van der Waals surface area contributed by atoms with Crippen LogP contribution in [0.25, 0.3) is 11.3 Å². The Balaban J connectivity index is 1.22. The van der Waals surface area contributed by atoms with Crippen LogP contribution >= 0.6 is 23.5 Å². The van der Waals surface area contributed by atoms with E-state index in [0.29, 0.717) is 34.0 Å². The molecule has 0 unspecified atom stereocenters. The number of furan rings is 1. The topological polar surface area (TPSA) is 90.1 Å². The lowest BCUT2D eigenvalue weighted by Crippen LogP contribution is -2.24. The van der Waals surface area contributed by atoms with Gasteiger partial charge in [0.2, 0.25) is 0 Å². The van der Waals surface area contributed by atoms with Crippen LogP contribution in [0.4, 0.5) is 0 Å². The summed E-state index contributed by atoms with van der Waals surface area (Å²) in [5.41, 5.74) is 5.01. The maximum Gasteiger partial charge on any atom is 0.338 e. The molecule has 0 spiro atoms. The number of hydrogen-bond donors (Lipinski definition) is 1. The first-order chi connectivity index (χ1) is 17.6. The molecule has 3 aromatic rings. The molecule has 0 atom stereocenters. The summed E-state index contributed by atoms with van der Waals surface area (Å²) in [5, 5.41) is 3.94. The number of rotatable bonds is 11. The Morgan fingerprint density at radius 3 is 2.53 bits per heavy atom. The SMILES string of the molecule is CCCCOC(=O)c1ccc(-c2ccc(/C=N\NC(=O)COc3ccc(C4SCCS4)cc3)o2)cc1. The van der Waals surface area contributed by atoms with E-state index in [1.165, 1.54) is 23.3 Å². The summed E-state index contributed by atoms with van der Waals surface area (Å²) >= 11 is 3.90. The van der Waals surface area contributed by atoms with Gasteiger partial charge in [0.1, 0.15) is 17.3 Å². The number of benzene rings is 2. The van der Waals surface area contributed by atoms with Gasteiger partial charge < -0.3 is 13.9 Å². The molecule has 0 bridgehead atoms. The van der Waals surface area contributed by atoms with Gasteiger partial charge >= 0.3 is 5.97 Å². The van der Waals surface area contributed by atoms with E-state index in [1.54, 1.807) is 36.4 Å². The molecule has 36 heavy (non-hydrogen) atoms. The number of carbonyl (C=O) groups is 2. The third kappa shape index (κ3) is 7.41. The van der Waals surface area contributed by atoms with E-state index >= 15 is 0 Å². The second kappa shape index (κ2) is 13.2. The predicted molar refractivity (Wildman–Crippen MR) is 145 cm³/mol. The largest absolute Gasteiger partial charge is 0.484 e. The van der Waals surface area contributed by atoms with Crippen molar-refractivity contribution in [2.24, 2.45) is 5.10 Å². The van der Waals surface area contributed by atoms with Gasteiger partial charge in [-0.05, 0) is 48.4 Å². The molecule has 1 aliphatic heterocycles. The van der Waals surface area contributed by atoms with E-state index in [-0.39, 0.29) is 18.5 Å². The van der Waals surface area contributed by atoms with Crippen molar-refractivity contribution < 1.29 is 23.5 Å². The molecule has 0 aliphatic carbocycles. The van der Waals surface area contributed by atoms with Crippen molar-refractivity contribution in [1.82, 2.24) is 5.43 Å². The number of unbranched alkanes of at least 4 members (excludes halogenated alkanes) is 1. The smallest absolute Gasteiger partial charge is 0.338 e. The summed E-state index contributed by atoms with van der Waals surface area (Å²) in [7, 11) is 0. The minimum atomic E-state index is -0.370. The number of nitrogens with one attached hydrogen (secondary N) is 1. The third-order valence-corrected chi connectivity index (χ3v) is 8.39. The number of hydrazone groups is 1. The van der Waals surface area contributed by atoms with Gasteiger partial charge in [0.15, 0.2) is 6.61 Å². The monoisotopic (exact) mass is 524 g/mol. The van der Waals surface area contributed by atoms with Crippen molar-refractivity contribution in [3.63, 3.8) is 0 Å². The Kier molecular flexibility index (Phi) is 9.52. The molecule has 1 amide bonds. The summed E-state index contributed by atoms with van der Waals surface area (Å²) in [5.74, 6) is 3.39. The second-order valence-corrected chi connectivity index (χ2v) is 10.7. The summed E-state index contributed by atoms with van der Waals surface area (Å²) in [6, 6.07) is 18.4. The van der Waals surface area contributed by atoms with Crippen LogP contribution in [-0.4, -0.2) is 42.8 Å². The fraction of sp³-hybridized carbons (Fsp3) is 0.296. The van der Waals surface area contributed by atoms with E-state index in [9.17, 15) is 9.59 Å². The Morgan fingerprint density at radius 1 is 1.06 bits per heavy atom. The summed E-state index contributed by atoms with van der Waals surface area (Å²) in [4.78, 5) is 24.1. The van der Waals surface area contributed by atoms with Gasteiger partial charge in [0, 0.05) is 17.1 Å². The van der Waals surface area contributed by atoms with E-state index in [1.807, 2.05) is 54.7 Å². The van der Waals surface area contributed by atoms with Crippen LogP contribution in [0.2, 0.25) is 0 Å². The van der Waals surface area contributed by atoms with Crippen LogP contribution in [0.15, 0.2) is 70.2 Å². The molecule has 9 heteroatoms. The number of hydrogen-bond acceptors (Lipinski definition) is 8. The van der Waals surface area contributed by atoms with Gasteiger partial charge in [-0.3, -0.25) is 4.79 Å². The minimum Gasteiger partial charge on any atom is -0.484 e. The van der Waals surface area contributed by atoms with E-state index in [4.69, 9.17) is 13.9 Å². The van der Waals surface area contributed by atoms with Crippen molar-refractivity contribution in [2.75, 3.05) is 24.7 Å². The molecular weight excluding hydrogens is 496 g/mol. The molecule has 2 heterocycles. The van der Waals surface area contributed by atoms with Crippen LogP contribution in [-0.2, 0) is 9.53 Å². The summed E-state index contributed by atoms with van der Waals surface area (Å²) < 4.78 is 17.0. The zero-order valence-corrected chi connectivity index (χ0v) is 21.6. The fourth-order valence-corrected chi connectivity index (χ4v) is 6.22. The number of nitrogens with zero attached hydrogens (tertiary/aromatic N) is 1. The van der Waals surface area contributed by atoms with Gasteiger partial charge in [0.05, 0.1) is 23.0 Å². The lowest BCUT2D eigenvalue weighted by molar-refractivity contribution is -0.123. The highest BCUT2D eigenvalue weighted by atomic mass is 32.2. The normalized spacial score (nSPS) is 13.7. The zero-order chi connectivity index (χ0) is 25.2. The van der Waals surface area contributed by atoms with Crippen LogP contribution in [0, 0.1) is 0 Å². The first-order valence-electron chi connectivity index (χ1n) is 11.8. The molecule has 0 saturated carbocycles. The maximum absolute atomic E-state index is 12.1. The first-order valence-corrected chi connectivity index (χ1v) is 13.9. The zero-order valence-electron chi connectivity index (χ0n) is 20.0. The Bertz CT molecular complexity index is 1170. The molecule has 4 rings (SSSR count). The molecule has 1 N–H and O–H groups in total. The quantitative estimate of drug-likeness (QED) is 0.144. The molecule has 1 saturated heterocycles. The fourth-order valence-electron chi connectivity index (χ4n) is 3.36. The Labute approximate surface area is 219 Å². The number of thioether (sulfide) groups is 2. The average molecular weight is 525 g/mol. The van der Waals surface area contributed by atoms with Gasteiger partial charge in [0.25, 0.3) is 5.91 Å². The van der Waals surface area contributed by atoms with Crippen molar-refractivity contribution >= 4 is 41.6 Å². The molecule has 1 aliphatic rings. The van der Waals surface area contributed by atoms with Crippen molar-refractivity contribution in [3.05, 3.63) is 77.6 Å². The van der Waals surface area contributed by atoms with Crippen LogP contribution in [0.5, 0.6) is 5.75 Å². The first kappa shape index (κ1) is 25.9. The molecule has 1 aromatic heterocycles. The minimum absolute atomic E-state index is 0.139. The standard InChI is InChI=1S/C27H28N2O5S2/c1-2-3-14-32-26(31)20-6-4-19(5-7-20)24-13-12-23(34-24)17-28-29-25(30)18-33-22-10-8-21(9-11-22)27-35-15-16-36-27/h4-13,17,27H,2-3,14-16,18H2,1H3,(H,29,30)/b28-17-. The molecule has 188 valence electrons. The number of ether oxygens (including phenoxy) is 2. The van der Waals surface area contributed by atoms with Gasteiger partial charge in [-0.1, -0.05) is 37.6 Å². The Morgan fingerprint density at radius 2 is 1.81 bits per heavy atom. The second-order valence-electron chi connectivity index (χ2n) is 7.99. The predicted octanol–water partition coefficient (Wildman–Crippen LogP) is 5.91. The van der Waals surface area contributed by atoms with Crippen LogP contribution in [0.1, 0.15) is 46.0 Å². The van der Waals surface area contributed by atoms with Crippen molar-refractivity contribution in [3.8, 4) is 17.1 Å². The summed E-state index contributed by atoms with van der Waals surface area (Å²) in [6.45, 7) is 2.33. The highest BCUT2D eigenvalue weighted by Crippen LogP contribution is 2.45. The van der Waals surface area contributed by atoms with Crippen LogP contribution in [0.3, 0.4) is 0 Å². The molecule has 1 fully saturated rings. The number of carbonyl (C=O) groups excluding carboxylic acids is 2. The van der Waals surface area contributed by atoms with Gasteiger partial charge in [-0.15, -0.1) is 23.5 Å². The van der Waals surface area contributed by atoms with Crippen LogP contribution < -0.4 is 10.2 Å². The van der Waals surface area contributed by atoms with Crippen molar-refractivity contribution in [1.29, 1.82) is 0 Å². The van der Waals surface area contributed by atoms with E-state index < -0.39 is 0 Å². The number of amides is 1. The Hall–Kier alpha value is -3.17. The maximum atomic E-state index is 12.1. The lowest BCUT2D eigenvalue weighted by atomic mass is 10.1.